The van der Waals surface area contributed by atoms with Crippen LogP contribution < -0.4 is 0 Å². The number of benzene rings is 1. The Morgan fingerprint density at radius 3 is 2.93 bits per heavy atom. The minimum Gasteiger partial charge on any atom is -0.469 e. The van der Waals surface area contributed by atoms with Gasteiger partial charge < -0.3 is 4.74 Å². The molecule has 1 aromatic rings. The Morgan fingerprint density at radius 2 is 2.33 bits per heavy atom. The van der Waals surface area contributed by atoms with Crippen LogP contribution >= 0.6 is 15.9 Å². The van der Waals surface area contributed by atoms with Crippen LogP contribution in [0.5, 0.6) is 0 Å². The Kier molecular flexibility index (Phi) is 2.78. The monoisotopic (exact) mass is 272 g/mol. The van der Waals surface area contributed by atoms with E-state index in [2.05, 4.69) is 20.7 Å². The molecule has 1 saturated carbocycles. The lowest BCUT2D eigenvalue weighted by atomic mass is 10.1. The predicted molar refractivity (Wildman–Crippen MR) is 57.0 cm³/mol. The molecule has 2 atom stereocenters. The van der Waals surface area contributed by atoms with Gasteiger partial charge in [-0.1, -0.05) is 6.07 Å². The molecule has 2 nitrogen and oxygen atoms in total. The van der Waals surface area contributed by atoms with Crippen LogP contribution in [-0.4, -0.2) is 13.1 Å². The molecule has 0 bridgehead atoms. The Labute approximate surface area is 95.6 Å². The van der Waals surface area contributed by atoms with Gasteiger partial charge in [0.05, 0.1) is 17.5 Å². The van der Waals surface area contributed by atoms with E-state index in [-0.39, 0.29) is 23.6 Å². The number of esters is 1. The molecule has 0 spiro atoms. The van der Waals surface area contributed by atoms with Gasteiger partial charge in [-0.05, 0) is 46.0 Å². The molecule has 0 saturated heterocycles. The van der Waals surface area contributed by atoms with Gasteiger partial charge in [0.2, 0.25) is 0 Å². The number of carbonyl (C=O) groups is 1. The second-order valence-corrected chi connectivity index (χ2v) is 4.50. The summed E-state index contributed by atoms with van der Waals surface area (Å²) >= 11 is 3.09. The lowest BCUT2D eigenvalue weighted by Crippen LogP contribution is -2.03. The first-order valence-corrected chi connectivity index (χ1v) is 5.45. The van der Waals surface area contributed by atoms with E-state index in [1.165, 1.54) is 13.2 Å². The smallest absolute Gasteiger partial charge is 0.309 e. The summed E-state index contributed by atoms with van der Waals surface area (Å²) in [5.74, 6) is -0.457. The van der Waals surface area contributed by atoms with Crippen molar-refractivity contribution in [2.75, 3.05) is 7.11 Å². The Hall–Kier alpha value is -0.900. The Morgan fingerprint density at radius 1 is 1.60 bits per heavy atom. The maximum Gasteiger partial charge on any atom is 0.309 e. The summed E-state index contributed by atoms with van der Waals surface area (Å²) < 4.78 is 18.3. The summed E-state index contributed by atoms with van der Waals surface area (Å²) in [5.41, 5.74) is 0.867. The number of rotatable bonds is 2. The van der Waals surface area contributed by atoms with Crippen molar-refractivity contribution in [2.24, 2.45) is 5.92 Å². The molecule has 0 radical (unpaired) electrons. The fraction of sp³-hybridized carbons (Fsp3) is 0.364. The van der Waals surface area contributed by atoms with E-state index in [4.69, 9.17) is 0 Å². The number of ether oxygens (including phenoxy) is 1. The third-order valence-electron chi connectivity index (χ3n) is 2.67. The maximum atomic E-state index is 13.2. The van der Waals surface area contributed by atoms with E-state index in [1.807, 2.05) is 6.07 Å². The van der Waals surface area contributed by atoms with Crippen LogP contribution in [-0.2, 0) is 9.53 Å². The molecule has 0 aromatic heterocycles. The molecule has 1 aliphatic rings. The second kappa shape index (κ2) is 3.93. The highest BCUT2D eigenvalue weighted by atomic mass is 79.9. The summed E-state index contributed by atoms with van der Waals surface area (Å²) in [4.78, 5) is 11.2. The fourth-order valence-electron chi connectivity index (χ4n) is 1.72. The lowest BCUT2D eigenvalue weighted by Gasteiger charge is -2.01. The average molecular weight is 273 g/mol. The van der Waals surface area contributed by atoms with E-state index in [0.717, 1.165) is 12.0 Å². The van der Waals surface area contributed by atoms with E-state index in [9.17, 15) is 9.18 Å². The quantitative estimate of drug-likeness (QED) is 0.774. The van der Waals surface area contributed by atoms with Gasteiger partial charge >= 0.3 is 5.97 Å². The van der Waals surface area contributed by atoms with Crippen LogP contribution in [0, 0.1) is 11.7 Å². The van der Waals surface area contributed by atoms with Gasteiger partial charge in [0.1, 0.15) is 5.82 Å². The zero-order valence-corrected chi connectivity index (χ0v) is 9.75. The maximum absolute atomic E-state index is 13.2. The number of hydrogen-bond acceptors (Lipinski definition) is 2. The lowest BCUT2D eigenvalue weighted by molar-refractivity contribution is -0.142. The molecule has 0 unspecified atom stereocenters. The summed E-state index contributed by atoms with van der Waals surface area (Å²) in [6.45, 7) is 0. The first-order valence-electron chi connectivity index (χ1n) is 4.66. The molecule has 1 aliphatic carbocycles. The Bertz CT molecular complexity index is 406. The fourth-order valence-corrected chi connectivity index (χ4v) is 1.96. The van der Waals surface area contributed by atoms with Crippen molar-refractivity contribution >= 4 is 21.9 Å². The first kappa shape index (κ1) is 10.6. The summed E-state index contributed by atoms with van der Waals surface area (Å²) in [6.07, 6.45) is 0.758. The van der Waals surface area contributed by atoms with Crippen molar-refractivity contribution in [2.45, 2.75) is 12.3 Å². The van der Waals surface area contributed by atoms with Gasteiger partial charge in [0.15, 0.2) is 0 Å². The molecule has 0 amide bonds. The van der Waals surface area contributed by atoms with Crippen molar-refractivity contribution in [1.82, 2.24) is 0 Å². The van der Waals surface area contributed by atoms with Crippen molar-refractivity contribution in [3.8, 4) is 0 Å². The molecular formula is C11H10BrFO2. The summed E-state index contributed by atoms with van der Waals surface area (Å²) in [5, 5.41) is 0. The van der Waals surface area contributed by atoms with Crippen LogP contribution in [0.3, 0.4) is 0 Å². The van der Waals surface area contributed by atoms with E-state index in [1.54, 1.807) is 6.07 Å². The summed E-state index contributed by atoms with van der Waals surface area (Å²) in [7, 11) is 1.37. The van der Waals surface area contributed by atoms with Crippen molar-refractivity contribution in [3.63, 3.8) is 0 Å². The van der Waals surface area contributed by atoms with Gasteiger partial charge in [0, 0.05) is 0 Å². The second-order valence-electron chi connectivity index (χ2n) is 3.65. The Balaban J connectivity index is 2.13. The molecule has 0 N–H and O–H groups in total. The van der Waals surface area contributed by atoms with Crippen LogP contribution in [0.2, 0.25) is 0 Å². The molecular weight excluding hydrogens is 263 g/mol. The number of hydrogen-bond donors (Lipinski definition) is 0. The minimum atomic E-state index is -0.289. The first-order chi connectivity index (χ1) is 7.13. The molecule has 0 heterocycles. The number of carbonyl (C=O) groups excluding carboxylic acids is 1. The highest BCUT2D eigenvalue weighted by Gasteiger charge is 2.45. The molecule has 2 rings (SSSR count). The molecule has 4 heteroatoms. The zero-order valence-electron chi connectivity index (χ0n) is 8.17. The third-order valence-corrected chi connectivity index (χ3v) is 3.31. The van der Waals surface area contributed by atoms with Gasteiger partial charge in [-0.25, -0.2) is 4.39 Å². The van der Waals surface area contributed by atoms with Crippen molar-refractivity contribution in [3.05, 3.63) is 34.1 Å². The predicted octanol–water partition coefficient (Wildman–Crippen LogP) is 2.86. The summed E-state index contributed by atoms with van der Waals surface area (Å²) in [6, 6.07) is 4.97. The van der Waals surface area contributed by atoms with Crippen LogP contribution in [0.15, 0.2) is 22.7 Å². The average Bonchev–Trinajstić information content (AvgIpc) is 3.01. The minimum absolute atomic E-state index is 0.0874. The van der Waals surface area contributed by atoms with Gasteiger partial charge in [-0.2, -0.15) is 0 Å². The topological polar surface area (TPSA) is 26.3 Å². The SMILES string of the molecule is COC(=O)[C@H]1C[C@@H]1c1ccc(Br)c(F)c1. The van der Waals surface area contributed by atoms with Crippen LogP contribution in [0.1, 0.15) is 17.9 Å². The molecule has 1 fully saturated rings. The van der Waals surface area contributed by atoms with Gasteiger partial charge in [-0.3, -0.25) is 4.79 Å². The zero-order chi connectivity index (χ0) is 11.0. The number of methoxy groups -OCH3 is 1. The van der Waals surface area contributed by atoms with Crippen LogP contribution in [0.25, 0.3) is 0 Å². The van der Waals surface area contributed by atoms with E-state index < -0.39 is 0 Å². The molecule has 1 aromatic carbocycles. The normalized spacial score (nSPS) is 23.7. The van der Waals surface area contributed by atoms with E-state index >= 15 is 0 Å². The van der Waals surface area contributed by atoms with Gasteiger partial charge in [0.25, 0.3) is 0 Å². The van der Waals surface area contributed by atoms with Crippen LogP contribution in [0.4, 0.5) is 4.39 Å². The highest BCUT2D eigenvalue weighted by molar-refractivity contribution is 9.10. The largest absolute Gasteiger partial charge is 0.469 e. The standard InChI is InChI=1S/C11H10BrFO2/c1-15-11(14)8-5-7(8)6-2-3-9(12)10(13)4-6/h2-4,7-8H,5H2,1H3/t7-,8+/m1/s1. The molecule has 15 heavy (non-hydrogen) atoms. The number of halogens is 2. The third kappa shape index (κ3) is 2.04. The van der Waals surface area contributed by atoms with Crippen molar-refractivity contribution in [1.29, 1.82) is 0 Å². The van der Waals surface area contributed by atoms with Gasteiger partial charge in [-0.15, -0.1) is 0 Å². The van der Waals surface area contributed by atoms with Crippen molar-refractivity contribution < 1.29 is 13.9 Å². The highest BCUT2D eigenvalue weighted by Crippen LogP contribution is 2.48. The van der Waals surface area contributed by atoms with E-state index in [0.29, 0.717) is 4.47 Å². The molecule has 80 valence electrons. The molecule has 0 aliphatic heterocycles.